The first-order valence-corrected chi connectivity index (χ1v) is 16.3. The van der Waals surface area contributed by atoms with Crippen molar-refractivity contribution in [3.63, 3.8) is 0 Å². The zero-order chi connectivity index (χ0) is 35.0. The van der Waals surface area contributed by atoms with Gasteiger partial charge in [0, 0.05) is 22.5 Å². The number of carbonyl (C=O) groups excluding carboxylic acids is 4. The molecule has 0 fully saturated rings. The Bertz CT molecular complexity index is 1990. The van der Waals surface area contributed by atoms with Crippen LogP contribution in [0.1, 0.15) is 55.1 Å². The Balaban J connectivity index is 1.27. The molecular weight excluding hydrogens is 624 g/mol. The molecule has 0 aliphatic rings. The Morgan fingerprint density at radius 2 is 0.760 bits per heavy atom. The highest BCUT2D eigenvalue weighted by molar-refractivity contribution is 6.15. The molecule has 8 nitrogen and oxygen atoms in total. The number of benzene rings is 6. The summed E-state index contributed by atoms with van der Waals surface area (Å²) >= 11 is 0. The molecule has 0 bridgehead atoms. The molecule has 0 aromatic heterocycles. The third kappa shape index (κ3) is 7.77. The maximum atomic E-state index is 13.9. The molecule has 0 radical (unpaired) electrons. The van der Waals surface area contributed by atoms with Crippen molar-refractivity contribution in [3.8, 4) is 0 Å². The van der Waals surface area contributed by atoms with Crippen molar-refractivity contribution in [2.45, 2.75) is 25.9 Å². The quantitative estimate of drug-likeness (QED) is 0.121. The summed E-state index contributed by atoms with van der Waals surface area (Å²) in [5, 5.41) is 12.7. The summed E-state index contributed by atoms with van der Waals surface area (Å²) in [6.07, 6.45) is 0. The summed E-state index contributed by atoms with van der Waals surface area (Å²) in [5.74, 6) is -1.77. The summed E-state index contributed by atoms with van der Waals surface area (Å²) in [4.78, 5) is 55.0. The predicted molar refractivity (Wildman–Crippen MR) is 197 cm³/mol. The molecule has 6 rings (SSSR count). The monoisotopic (exact) mass is 660 g/mol. The highest BCUT2D eigenvalue weighted by Gasteiger charge is 2.27. The van der Waals surface area contributed by atoms with Crippen molar-refractivity contribution in [2.75, 3.05) is 10.6 Å². The van der Waals surface area contributed by atoms with Gasteiger partial charge in [0.15, 0.2) is 0 Å². The van der Waals surface area contributed by atoms with E-state index in [0.29, 0.717) is 33.3 Å². The summed E-state index contributed by atoms with van der Waals surface area (Å²) in [6, 6.07) is 41.1. The number of nitrogens with one attached hydrogen (secondary N) is 4. The Hall–Kier alpha value is -6.54. The van der Waals surface area contributed by atoms with Gasteiger partial charge in [-0.05, 0) is 72.1 Å². The fraction of sp³-hybridized carbons (Fsp3) is 0.0952. The number of carbonyl (C=O) groups is 4. The van der Waals surface area contributed by atoms with Crippen LogP contribution in [0.25, 0.3) is 10.8 Å². The molecule has 4 N–H and O–H groups in total. The summed E-state index contributed by atoms with van der Waals surface area (Å²) < 4.78 is 0. The van der Waals surface area contributed by atoms with E-state index in [9.17, 15) is 19.2 Å². The van der Waals surface area contributed by atoms with Gasteiger partial charge in [0.2, 0.25) is 0 Å². The molecule has 0 heterocycles. The topological polar surface area (TPSA) is 116 Å². The van der Waals surface area contributed by atoms with Crippen molar-refractivity contribution in [1.29, 1.82) is 0 Å². The minimum atomic E-state index is -0.995. The first-order valence-electron chi connectivity index (χ1n) is 16.3. The third-order valence-electron chi connectivity index (χ3n) is 8.39. The van der Waals surface area contributed by atoms with Crippen LogP contribution in [0.15, 0.2) is 146 Å². The number of rotatable bonds is 10. The third-order valence-corrected chi connectivity index (χ3v) is 8.39. The van der Waals surface area contributed by atoms with Crippen LogP contribution in [-0.4, -0.2) is 23.6 Å². The van der Waals surface area contributed by atoms with Crippen LogP contribution in [0.4, 0.5) is 11.4 Å². The lowest BCUT2D eigenvalue weighted by molar-refractivity contribution is -0.118. The van der Waals surface area contributed by atoms with E-state index in [0.717, 1.165) is 11.1 Å². The predicted octanol–water partition coefficient (Wildman–Crippen LogP) is 7.68. The normalized spacial score (nSPS) is 12.0. The van der Waals surface area contributed by atoms with E-state index in [2.05, 4.69) is 21.3 Å². The fourth-order valence-electron chi connectivity index (χ4n) is 5.71. The molecule has 50 heavy (non-hydrogen) atoms. The molecule has 248 valence electrons. The largest absolute Gasteiger partial charge is 0.336 e. The lowest BCUT2D eigenvalue weighted by atomic mass is 9.97. The van der Waals surface area contributed by atoms with Gasteiger partial charge in [0.1, 0.15) is 12.1 Å². The lowest BCUT2D eigenvalue weighted by Crippen LogP contribution is -2.37. The summed E-state index contributed by atoms with van der Waals surface area (Å²) in [5.41, 5.74) is 5.14. The van der Waals surface area contributed by atoms with Crippen molar-refractivity contribution < 1.29 is 19.2 Å². The van der Waals surface area contributed by atoms with E-state index in [4.69, 9.17) is 0 Å². The van der Waals surface area contributed by atoms with Crippen LogP contribution >= 0.6 is 0 Å². The van der Waals surface area contributed by atoms with Gasteiger partial charge in [-0.15, -0.1) is 0 Å². The van der Waals surface area contributed by atoms with Gasteiger partial charge < -0.3 is 21.3 Å². The van der Waals surface area contributed by atoms with E-state index in [1.165, 1.54) is 0 Å². The van der Waals surface area contributed by atoms with Crippen molar-refractivity contribution >= 4 is 45.8 Å². The van der Waals surface area contributed by atoms with Crippen LogP contribution < -0.4 is 21.3 Å². The van der Waals surface area contributed by atoms with E-state index < -0.39 is 35.7 Å². The summed E-state index contributed by atoms with van der Waals surface area (Å²) in [7, 11) is 0. The fourth-order valence-corrected chi connectivity index (χ4v) is 5.71. The lowest BCUT2D eigenvalue weighted by Gasteiger charge is -2.21. The average Bonchev–Trinajstić information content (AvgIpc) is 3.14. The minimum absolute atomic E-state index is 0.290. The molecule has 2 atom stereocenters. The first-order chi connectivity index (χ1) is 24.3. The van der Waals surface area contributed by atoms with Crippen molar-refractivity contribution in [3.05, 3.63) is 179 Å². The van der Waals surface area contributed by atoms with Crippen molar-refractivity contribution in [2.24, 2.45) is 0 Å². The Morgan fingerprint density at radius 3 is 1.12 bits per heavy atom. The molecule has 0 saturated carbocycles. The van der Waals surface area contributed by atoms with Gasteiger partial charge in [0.25, 0.3) is 23.6 Å². The van der Waals surface area contributed by atoms with Gasteiger partial charge in [0.05, 0.1) is 0 Å². The maximum absolute atomic E-state index is 13.9. The van der Waals surface area contributed by atoms with Crippen LogP contribution in [-0.2, 0) is 9.59 Å². The number of amides is 4. The van der Waals surface area contributed by atoms with Gasteiger partial charge in [-0.2, -0.15) is 0 Å². The Kier molecular flexibility index (Phi) is 10.1. The summed E-state index contributed by atoms with van der Waals surface area (Å²) in [6.45, 7) is 3.92. The highest BCUT2D eigenvalue weighted by atomic mass is 16.2. The molecule has 4 amide bonds. The van der Waals surface area contributed by atoms with Crippen LogP contribution in [0.5, 0.6) is 0 Å². The second-order valence-corrected chi connectivity index (χ2v) is 12.1. The second-order valence-electron chi connectivity index (χ2n) is 12.1. The Morgan fingerprint density at radius 1 is 0.420 bits per heavy atom. The van der Waals surface area contributed by atoms with E-state index in [1.54, 1.807) is 84.9 Å². The minimum Gasteiger partial charge on any atom is -0.336 e. The highest BCUT2D eigenvalue weighted by Crippen LogP contribution is 2.26. The average molecular weight is 661 g/mol. The maximum Gasteiger partial charge on any atom is 0.252 e. The number of aryl methyl sites for hydroxylation is 2. The van der Waals surface area contributed by atoms with Crippen molar-refractivity contribution in [1.82, 2.24) is 10.6 Å². The zero-order valence-electron chi connectivity index (χ0n) is 27.6. The molecule has 6 aromatic carbocycles. The van der Waals surface area contributed by atoms with Crippen LogP contribution in [0.2, 0.25) is 0 Å². The second kappa shape index (κ2) is 15.1. The Labute approximate surface area is 290 Å². The number of anilines is 2. The molecule has 0 spiro atoms. The van der Waals surface area contributed by atoms with Crippen LogP contribution in [0.3, 0.4) is 0 Å². The standard InChI is InChI=1S/C42H36N4O4/c1-27-17-21-31(22-18-27)43-41(49)37(29-11-5-3-6-12-29)45-39(47)35-25-26-36(34-16-10-9-15-33(34)35)40(48)46-38(30-13-7-4-8-14-30)42(50)44-32-23-19-28(2)20-24-32/h3-26,37-38H,1-2H3,(H,43,49)(H,44,50)(H,45,47)(H,46,48)/t37-,38-/m0/s1. The van der Waals surface area contributed by atoms with Gasteiger partial charge in [-0.1, -0.05) is 120 Å². The van der Waals surface area contributed by atoms with E-state index >= 15 is 0 Å². The van der Waals surface area contributed by atoms with Gasteiger partial charge in [-0.25, -0.2) is 0 Å². The molecule has 0 aliphatic heterocycles. The molecule has 0 saturated heterocycles. The van der Waals surface area contributed by atoms with Gasteiger partial charge in [-0.3, -0.25) is 19.2 Å². The zero-order valence-corrected chi connectivity index (χ0v) is 27.6. The first kappa shape index (κ1) is 33.4. The van der Waals surface area contributed by atoms with E-state index in [-0.39, 0.29) is 11.1 Å². The smallest absolute Gasteiger partial charge is 0.252 e. The number of hydrogen-bond donors (Lipinski definition) is 4. The molecule has 0 aliphatic carbocycles. The molecule has 0 unspecified atom stereocenters. The van der Waals surface area contributed by atoms with Gasteiger partial charge >= 0.3 is 0 Å². The molecule has 6 aromatic rings. The number of hydrogen-bond acceptors (Lipinski definition) is 4. The SMILES string of the molecule is Cc1ccc(NC(=O)[C@@H](NC(=O)c2ccc(C(=O)N[C@H](C(=O)Nc3ccc(C)cc3)c3ccccc3)c3ccccc23)c2ccccc2)cc1. The number of fused-ring (bicyclic) bond motifs is 1. The van der Waals surface area contributed by atoms with E-state index in [1.807, 2.05) is 74.5 Å². The van der Waals surface area contributed by atoms with Crippen LogP contribution in [0, 0.1) is 13.8 Å². The molecular formula is C42H36N4O4. The molecule has 8 heteroatoms.